The standard InChI is InChI=1S/C13H16BrClN2O2/c1-8(12(18)16-2)7-17(3)13(19)10-6-9(14)4-5-11(10)15/h4-6,8H,7H2,1-3H3,(H,16,18). The number of hydrogen-bond donors (Lipinski definition) is 1. The second-order valence-electron chi connectivity index (χ2n) is 4.33. The molecule has 0 aliphatic carbocycles. The fourth-order valence-corrected chi connectivity index (χ4v) is 2.25. The van der Waals surface area contributed by atoms with Gasteiger partial charge in [0.15, 0.2) is 0 Å². The molecule has 0 heterocycles. The fourth-order valence-electron chi connectivity index (χ4n) is 1.69. The predicted octanol–water partition coefficient (Wildman–Crippen LogP) is 2.56. The summed E-state index contributed by atoms with van der Waals surface area (Å²) in [5.74, 6) is -0.577. The van der Waals surface area contributed by atoms with Crippen molar-refractivity contribution < 1.29 is 9.59 Å². The molecule has 1 aromatic carbocycles. The molecule has 0 spiro atoms. The SMILES string of the molecule is CNC(=O)C(C)CN(C)C(=O)c1cc(Br)ccc1Cl. The quantitative estimate of drug-likeness (QED) is 0.910. The summed E-state index contributed by atoms with van der Waals surface area (Å²) < 4.78 is 0.785. The van der Waals surface area contributed by atoms with E-state index in [1.54, 1.807) is 39.2 Å². The summed E-state index contributed by atoms with van der Waals surface area (Å²) in [4.78, 5) is 25.2. The van der Waals surface area contributed by atoms with E-state index < -0.39 is 0 Å². The first kappa shape index (κ1) is 16.0. The van der Waals surface area contributed by atoms with Crippen LogP contribution in [0.2, 0.25) is 5.02 Å². The van der Waals surface area contributed by atoms with E-state index in [0.717, 1.165) is 4.47 Å². The molecular weight excluding hydrogens is 332 g/mol. The van der Waals surface area contributed by atoms with Crippen molar-refractivity contribution in [2.75, 3.05) is 20.6 Å². The number of benzene rings is 1. The minimum atomic E-state index is -0.273. The number of nitrogens with zero attached hydrogens (tertiary/aromatic N) is 1. The van der Waals surface area contributed by atoms with Gasteiger partial charge in [0.05, 0.1) is 16.5 Å². The number of amides is 2. The maximum Gasteiger partial charge on any atom is 0.255 e. The Bertz CT molecular complexity index is 494. The molecule has 4 nitrogen and oxygen atoms in total. The summed E-state index contributed by atoms with van der Waals surface area (Å²) in [7, 11) is 3.23. The third-order valence-corrected chi connectivity index (χ3v) is 3.57. The Morgan fingerprint density at radius 2 is 2.11 bits per heavy atom. The maximum absolute atomic E-state index is 12.3. The first-order chi connectivity index (χ1) is 8.86. The van der Waals surface area contributed by atoms with Crippen molar-refractivity contribution in [2.24, 2.45) is 5.92 Å². The lowest BCUT2D eigenvalue weighted by Gasteiger charge is -2.21. The highest BCUT2D eigenvalue weighted by Gasteiger charge is 2.20. The Morgan fingerprint density at radius 3 is 2.68 bits per heavy atom. The van der Waals surface area contributed by atoms with Crippen LogP contribution in [0, 0.1) is 5.92 Å². The van der Waals surface area contributed by atoms with Gasteiger partial charge in [-0.15, -0.1) is 0 Å². The van der Waals surface area contributed by atoms with Crippen molar-refractivity contribution in [3.05, 3.63) is 33.3 Å². The van der Waals surface area contributed by atoms with Crippen molar-refractivity contribution in [2.45, 2.75) is 6.92 Å². The number of carbonyl (C=O) groups is 2. The van der Waals surface area contributed by atoms with E-state index in [4.69, 9.17) is 11.6 Å². The van der Waals surface area contributed by atoms with Crippen molar-refractivity contribution in [3.63, 3.8) is 0 Å². The van der Waals surface area contributed by atoms with Gasteiger partial charge in [0.2, 0.25) is 5.91 Å². The van der Waals surface area contributed by atoms with Gasteiger partial charge in [-0.25, -0.2) is 0 Å². The molecule has 19 heavy (non-hydrogen) atoms. The Balaban J connectivity index is 2.82. The summed E-state index contributed by atoms with van der Waals surface area (Å²) in [5.41, 5.74) is 0.419. The third kappa shape index (κ3) is 4.21. The highest BCUT2D eigenvalue weighted by Crippen LogP contribution is 2.22. The molecule has 0 aliphatic heterocycles. The lowest BCUT2D eigenvalue weighted by Crippen LogP contribution is -2.37. The molecule has 6 heteroatoms. The van der Waals surface area contributed by atoms with Crippen LogP contribution in [0.25, 0.3) is 0 Å². The van der Waals surface area contributed by atoms with Gasteiger partial charge in [-0.3, -0.25) is 9.59 Å². The van der Waals surface area contributed by atoms with Gasteiger partial charge in [0, 0.05) is 25.1 Å². The monoisotopic (exact) mass is 346 g/mol. The van der Waals surface area contributed by atoms with E-state index in [-0.39, 0.29) is 17.7 Å². The minimum Gasteiger partial charge on any atom is -0.359 e. The molecule has 1 aromatic rings. The van der Waals surface area contributed by atoms with Crippen molar-refractivity contribution in [1.82, 2.24) is 10.2 Å². The van der Waals surface area contributed by atoms with Crippen molar-refractivity contribution in [3.8, 4) is 0 Å². The molecule has 0 aliphatic rings. The third-order valence-electron chi connectivity index (χ3n) is 2.75. The molecule has 1 rings (SSSR count). The van der Waals surface area contributed by atoms with Crippen LogP contribution in [-0.2, 0) is 4.79 Å². The lowest BCUT2D eigenvalue weighted by atomic mass is 10.1. The molecule has 0 saturated heterocycles. The number of nitrogens with one attached hydrogen (secondary N) is 1. The van der Waals surface area contributed by atoms with E-state index in [2.05, 4.69) is 21.2 Å². The molecule has 1 N–H and O–H groups in total. The average molecular weight is 348 g/mol. The van der Waals surface area contributed by atoms with Gasteiger partial charge in [-0.1, -0.05) is 34.5 Å². The minimum absolute atomic E-state index is 0.0972. The van der Waals surface area contributed by atoms with Crippen LogP contribution in [0.15, 0.2) is 22.7 Å². The Kier molecular flexibility index (Phi) is 5.82. The molecule has 0 saturated carbocycles. The van der Waals surface area contributed by atoms with Gasteiger partial charge in [0.1, 0.15) is 0 Å². The van der Waals surface area contributed by atoms with E-state index in [9.17, 15) is 9.59 Å². The van der Waals surface area contributed by atoms with E-state index >= 15 is 0 Å². The number of carbonyl (C=O) groups excluding carboxylic acids is 2. The zero-order chi connectivity index (χ0) is 14.6. The van der Waals surface area contributed by atoms with Crippen LogP contribution >= 0.6 is 27.5 Å². The summed E-state index contributed by atoms with van der Waals surface area (Å²) in [6, 6.07) is 5.10. The molecule has 0 bridgehead atoms. The Labute approximate surface area is 126 Å². The van der Waals surface area contributed by atoms with Gasteiger partial charge < -0.3 is 10.2 Å². The maximum atomic E-state index is 12.3. The Morgan fingerprint density at radius 1 is 1.47 bits per heavy atom. The smallest absolute Gasteiger partial charge is 0.255 e. The summed E-state index contributed by atoms with van der Waals surface area (Å²) in [5, 5.41) is 2.95. The molecule has 0 aromatic heterocycles. The topological polar surface area (TPSA) is 49.4 Å². The van der Waals surface area contributed by atoms with E-state index in [1.807, 2.05) is 0 Å². The largest absolute Gasteiger partial charge is 0.359 e. The molecule has 0 radical (unpaired) electrons. The number of halogens is 2. The molecule has 0 fully saturated rings. The number of hydrogen-bond acceptors (Lipinski definition) is 2. The van der Waals surface area contributed by atoms with Crippen LogP contribution in [-0.4, -0.2) is 37.4 Å². The molecule has 1 unspecified atom stereocenters. The van der Waals surface area contributed by atoms with E-state index in [1.165, 1.54) is 4.90 Å². The summed E-state index contributed by atoms with van der Waals surface area (Å²) in [6.45, 7) is 2.10. The van der Waals surface area contributed by atoms with Crippen LogP contribution in [0.4, 0.5) is 0 Å². The van der Waals surface area contributed by atoms with Crippen molar-refractivity contribution in [1.29, 1.82) is 0 Å². The average Bonchev–Trinajstić information content (AvgIpc) is 2.39. The molecular formula is C13H16BrClN2O2. The second kappa shape index (κ2) is 6.91. The van der Waals surface area contributed by atoms with Gasteiger partial charge >= 0.3 is 0 Å². The first-order valence-corrected chi connectivity index (χ1v) is 6.96. The van der Waals surface area contributed by atoms with Crippen molar-refractivity contribution >= 4 is 39.3 Å². The molecule has 2 amide bonds. The number of rotatable bonds is 4. The fraction of sp³-hybridized carbons (Fsp3) is 0.385. The highest BCUT2D eigenvalue weighted by molar-refractivity contribution is 9.10. The zero-order valence-corrected chi connectivity index (χ0v) is 13.4. The molecule has 104 valence electrons. The summed E-state index contributed by atoms with van der Waals surface area (Å²) >= 11 is 9.32. The van der Waals surface area contributed by atoms with E-state index in [0.29, 0.717) is 17.1 Å². The normalized spacial score (nSPS) is 11.8. The van der Waals surface area contributed by atoms with Gasteiger partial charge in [0.25, 0.3) is 5.91 Å². The van der Waals surface area contributed by atoms with Crippen LogP contribution in [0.3, 0.4) is 0 Å². The molecule has 1 atom stereocenters. The van der Waals surface area contributed by atoms with Gasteiger partial charge in [-0.05, 0) is 18.2 Å². The second-order valence-corrected chi connectivity index (χ2v) is 5.65. The lowest BCUT2D eigenvalue weighted by molar-refractivity contribution is -0.124. The Hall–Kier alpha value is -1.07. The predicted molar refractivity (Wildman–Crippen MR) is 79.3 cm³/mol. The van der Waals surface area contributed by atoms with Gasteiger partial charge in [-0.2, -0.15) is 0 Å². The highest BCUT2D eigenvalue weighted by atomic mass is 79.9. The van der Waals surface area contributed by atoms with Crippen LogP contribution in [0.5, 0.6) is 0 Å². The van der Waals surface area contributed by atoms with Crippen LogP contribution < -0.4 is 5.32 Å². The zero-order valence-electron chi connectivity index (χ0n) is 11.0. The van der Waals surface area contributed by atoms with Crippen LogP contribution in [0.1, 0.15) is 17.3 Å². The summed E-state index contributed by atoms with van der Waals surface area (Å²) in [6.07, 6.45) is 0. The first-order valence-electron chi connectivity index (χ1n) is 5.79.